The summed E-state index contributed by atoms with van der Waals surface area (Å²) in [5.41, 5.74) is 3.68. The van der Waals surface area contributed by atoms with Gasteiger partial charge in [-0.1, -0.05) is 18.2 Å². The Hall–Kier alpha value is -2.63. The van der Waals surface area contributed by atoms with Crippen LogP contribution in [0.3, 0.4) is 0 Å². The van der Waals surface area contributed by atoms with Gasteiger partial charge in [-0.15, -0.1) is 11.3 Å². The minimum atomic E-state index is -0.0949. The second kappa shape index (κ2) is 7.72. The molecule has 1 fully saturated rings. The van der Waals surface area contributed by atoms with Gasteiger partial charge in [-0.25, -0.2) is 0 Å². The summed E-state index contributed by atoms with van der Waals surface area (Å²) in [5, 5.41) is 5.02. The van der Waals surface area contributed by atoms with Crippen LogP contribution < -0.4 is 10.2 Å². The maximum atomic E-state index is 12.6. The van der Waals surface area contributed by atoms with Gasteiger partial charge in [-0.05, 0) is 53.4 Å². The van der Waals surface area contributed by atoms with Gasteiger partial charge in [0.05, 0.1) is 13.2 Å². The van der Waals surface area contributed by atoms with Crippen LogP contribution in [0, 0.1) is 0 Å². The Balaban J connectivity index is 1.45. The van der Waals surface area contributed by atoms with E-state index in [1.165, 1.54) is 0 Å². The van der Waals surface area contributed by atoms with Crippen molar-refractivity contribution < 1.29 is 9.53 Å². The van der Waals surface area contributed by atoms with Crippen molar-refractivity contribution in [3.8, 4) is 10.4 Å². The van der Waals surface area contributed by atoms with E-state index in [0.717, 1.165) is 48.1 Å². The predicted molar refractivity (Wildman–Crippen MR) is 107 cm³/mol. The molecule has 4 rings (SSSR count). The summed E-state index contributed by atoms with van der Waals surface area (Å²) in [6.45, 7) is 3.33. The third-order valence-corrected chi connectivity index (χ3v) is 5.35. The number of morpholine rings is 1. The van der Waals surface area contributed by atoms with Crippen LogP contribution in [0.1, 0.15) is 10.4 Å². The number of carbonyl (C=O) groups excluding carboxylic acids is 1. The summed E-state index contributed by atoms with van der Waals surface area (Å²) in [6, 6.07) is 19.8. The van der Waals surface area contributed by atoms with E-state index in [4.69, 9.17) is 4.74 Å². The fourth-order valence-electron chi connectivity index (χ4n) is 3.04. The Morgan fingerprint density at radius 2 is 1.81 bits per heavy atom. The van der Waals surface area contributed by atoms with Gasteiger partial charge < -0.3 is 15.0 Å². The highest BCUT2D eigenvalue weighted by atomic mass is 32.1. The highest BCUT2D eigenvalue weighted by molar-refractivity contribution is 7.13. The average molecular weight is 364 g/mol. The number of anilines is 2. The number of hydrogen-bond acceptors (Lipinski definition) is 4. The summed E-state index contributed by atoms with van der Waals surface area (Å²) in [7, 11) is 0. The maximum absolute atomic E-state index is 12.6. The number of benzene rings is 2. The standard InChI is InChI=1S/C21H20N2O2S/c24-21(17-4-1-3-16(15-17)20-5-2-14-26-20)22-18-6-8-19(9-7-18)23-10-12-25-13-11-23/h1-9,14-15H,10-13H2,(H,22,24). The zero-order chi connectivity index (χ0) is 17.8. The topological polar surface area (TPSA) is 41.6 Å². The molecule has 2 heterocycles. The lowest BCUT2D eigenvalue weighted by molar-refractivity contribution is 0.102. The van der Waals surface area contributed by atoms with Crippen molar-refractivity contribution in [2.75, 3.05) is 36.5 Å². The summed E-state index contributed by atoms with van der Waals surface area (Å²) < 4.78 is 5.38. The Kier molecular flexibility index (Phi) is 5.00. The quantitative estimate of drug-likeness (QED) is 0.741. The minimum absolute atomic E-state index is 0.0949. The number of nitrogens with zero attached hydrogens (tertiary/aromatic N) is 1. The van der Waals surface area contributed by atoms with Crippen LogP contribution in [-0.4, -0.2) is 32.2 Å². The third kappa shape index (κ3) is 3.79. The van der Waals surface area contributed by atoms with Gasteiger partial charge in [0, 0.05) is 34.9 Å². The molecule has 0 saturated carbocycles. The fourth-order valence-corrected chi connectivity index (χ4v) is 3.76. The van der Waals surface area contributed by atoms with Crippen molar-refractivity contribution in [2.24, 2.45) is 0 Å². The molecule has 2 aromatic carbocycles. The minimum Gasteiger partial charge on any atom is -0.378 e. The van der Waals surface area contributed by atoms with Gasteiger partial charge in [-0.3, -0.25) is 4.79 Å². The van der Waals surface area contributed by atoms with Gasteiger partial charge in [0.1, 0.15) is 0 Å². The van der Waals surface area contributed by atoms with E-state index < -0.39 is 0 Å². The monoisotopic (exact) mass is 364 g/mol. The molecule has 1 amide bonds. The molecule has 5 heteroatoms. The molecule has 0 unspecified atom stereocenters. The van der Waals surface area contributed by atoms with E-state index in [-0.39, 0.29) is 5.91 Å². The predicted octanol–water partition coefficient (Wildman–Crippen LogP) is 4.50. The molecule has 3 aromatic rings. The van der Waals surface area contributed by atoms with Gasteiger partial charge in [0.2, 0.25) is 0 Å². The van der Waals surface area contributed by atoms with E-state index >= 15 is 0 Å². The van der Waals surface area contributed by atoms with E-state index in [0.29, 0.717) is 5.56 Å². The van der Waals surface area contributed by atoms with E-state index in [2.05, 4.69) is 16.3 Å². The van der Waals surface area contributed by atoms with E-state index in [1.807, 2.05) is 60.0 Å². The molecule has 0 radical (unpaired) electrons. The van der Waals surface area contributed by atoms with Crippen LogP contribution in [0.15, 0.2) is 66.0 Å². The normalized spacial score (nSPS) is 14.2. The lowest BCUT2D eigenvalue weighted by Crippen LogP contribution is -2.36. The lowest BCUT2D eigenvalue weighted by Gasteiger charge is -2.28. The van der Waals surface area contributed by atoms with Crippen LogP contribution in [0.25, 0.3) is 10.4 Å². The molecule has 1 aliphatic heterocycles. The molecule has 0 spiro atoms. The fraction of sp³-hybridized carbons (Fsp3) is 0.190. The van der Waals surface area contributed by atoms with Gasteiger partial charge >= 0.3 is 0 Å². The summed E-state index contributed by atoms with van der Waals surface area (Å²) >= 11 is 1.67. The SMILES string of the molecule is O=C(Nc1ccc(N2CCOCC2)cc1)c1cccc(-c2cccs2)c1. The number of carbonyl (C=O) groups is 1. The first-order chi connectivity index (χ1) is 12.8. The smallest absolute Gasteiger partial charge is 0.255 e. The molecular weight excluding hydrogens is 344 g/mol. The molecule has 4 nitrogen and oxygen atoms in total. The van der Waals surface area contributed by atoms with Crippen molar-refractivity contribution >= 4 is 28.6 Å². The van der Waals surface area contributed by atoms with Crippen LogP contribution in [-0.2, 0) is 4.74 Å². The first kappa shape index (κ1) is 16.8. The van der Waals surface area contributed by atoms with Crippen LogP contribution in [0.4, 0.5) is 11.4 Å². The molecule has 132 valence electrons. The summed E-state index contributed by atoms with van der Waals surface area (Å²) in [6.07, 6.45) is 0. The number of ether oxygens (including phenoxy) is 1. The average Bonchev–Trinajstić information content (AvgIpc) is 3.24. The summed E-state index contributed by atoms with van der Waals surface area (Å²) in [4.78, 5) is 16.0. The first-order valence-electron chi connectivity index (χ1n) is 8.68. The van der Waals surface area contributed by atoms with Crippen LogP contribution >= 0.6 is 11.3 Å². The molecule has 1 aromatic heterocycles. The number of rotatable bonds is 4. The van der Waals surface area contributed by atoms with Crippen molar-refractivity contribution in [2.45, 2.75) is 0 Å². The second-order valence-corrected chi connectivity index (χ2v) is 7.11. The van der Waals surface area contributed by atoms with E-state index in [9.17, 15) is 4.79 Å². The Morgan fingerprint density at radius 1 is 1.00 bits per heavy atom. The Bertz CT molecular complexity index is 869. The van der Waals surface area contributed by atoms with Crippen molar-refractivity contribution in [3.63, 3.8) is 0 Å². The largest absolute Gasteiger partial charge is 0.378 e. The number of nitrogens with one attached hydrogen (secondary N) is 1. The van der Waals surface area contributed by atoms with Gasteiger partial charge in [-0.2, -0.15) is 0 Å². The molecule has 0 bridgehead atoms. The zero-order valence-corrected chi connectivity index (χ0v) is 15.2. The first-order valence-corrected chi connectivity index (χ1v) is 9.56. The number of amides is 1. The molecule has 26 heavy (non-hydrogen) atoms. The van der Waals surface area contributed by atoms with E-state index in [1.54, 1.807) is 11.3 Å². The lowest BCUT2D eigenvalue weighted by atomic mass is 10.1. The zero-order valence-electron chi connectivity index (χ0n) is 14.4. The Morgan fingerprint density at radius 3 is 2.54 bits per heavy atom. The molecule has 0 atom stereocenters. The number of hydrogen-bond donors (Lipinski definition) is 1. The maximum Gasteiger partial charge on any atom is 0.255 e. The second-order valence-electron chi connectivity index (χ2n) is 6.16. The van der Waals surface area contributed by atoms with Crippen LogP contribution in [0.2, 0.25) is 0 Å². The molecule has 1 saturated heterocycles. The highest BCUT2D eigenvalue weighted by Crippen LogP contribution is 2.26. The molecule has 1 aliphatic rings. The van der Waals surface area contributed by atoms with Crippen LogP contribution in [0.5, 0.6) is 0 Å². The van der Waals surface area contributed by atoms with Crippen molar-refractivity contribution in [1.29, 1.82) is 0 Å². The van der Waals surface area contributed by atoms with Gasteiger partial charge in [0.25, 0.3) is 5.91 Å². The highest BCUT2D eigenvalue weighted by Gasteiger charge is 2.12. The van der Waals surface area contributed by atoms with Crippen molar-refractivity contribution in [1.82, 2.24) is 0 Å². The Labute approximate surface area is 157 Å². The number of thiophene rings is 1. The molecule has 0 aliphatic carbocycles. The third-order valence-electron chi connectivity index (χ3n) is 4.43. The van der Waals surface area contributed by atoms with Crippen molar-refractivity contribution in [3.05, 3.63) is 71.6 Å². The molecule has 1 N–H and O–H groups in total. The summed E-state index contributed by atoms with van der Waals surface area (Å²) in [5.74, 6) is -0.0949. The van der Waals surface area contributed by atoms with Gasteiger partial charge in [0.15, 0.2) is 0 Å². The molecular formula is C21H20N2O2S.